The molecule has 1 aromatic heterocycles. The highest BCUT2D eigenvalue weighted by atomic mass is 32.2. The molecule has 2 rings (SSSR count). The van der Waals surface area contributed by atoms with Crippen LogP contribution in [-0.4, -0.2) is 53.9 Å². The van der Waals surface area contributed by atoms with Gasteiger partial charge < -0.3 is 11.1 Å². The first-order valence-corrected chi connectivity index (χ1v) is 10.5. The average Bonchev–Trinajstić information content (AvgIpc) is 2.80. The molecule has 3 atom stereocenters. The van der Waals surface area contributed by atoms with Crippen LogP contribution in [0.15, 0.2) is 29.4 Å². The highest BCUT2D eigenvalue weighted by Gasteiger charge is 2.37. The molecule has 0 spiro atoms. The van der Waals surface area contributed by atoms with Crippen LogP contribution < -0.4 is 11.1 Å². The molecule has 9 nitrogen and oxygen atoms in total. The van der Waals surface area contributed by atoms with Gasteiger partial charge in [0.15, 0.2) is 10.8 Å². The molecule has 0 aromatic carbocycles. The number of nitrogens with zero attached hydrogens (tertiary/aromatic N) is 2. The smallest absolute Gasteiger partial charge is 0.261 e. The SMILES string of the molecule is C[C@@H](C[CH]C(=O)N[C@@H]1CC[C@H](C)N(S(=O)(=O)c2ccccn2)CC1=O)C(N)=O. The Bertz CT molecular complexity index is 828. The molecule has 1 aliphatic rings. The Morgan fingerprint density at radius 3 is 2.71 bits per heavy atom. The van der Waals surface area contributed by atoms with Crippen LogP contribution in [0.4, 0.5) is 0 Å². The number of ketones is 1. The number of hydrogen-bond donors (Lipinski definition) is 2. The van der Waals surface area contributed by atoms with Gasteiger partial charge in [0, 0.05) is 18.2 Å². The van der Waals surface area contributed by atoms with Crippen LogP contribution in [0.2, 0.25) is 0 Å². The van der Waals surface area contributed by atoms with Gasteiger partial charge in [0.05, 0.1) is 19.0 Å². The van der Waals surface area contributed by atoms with E-state index in [1.807, 2.05) is 0 Å². The number of aromatic nitrogens is 1. The number of pyridine rings is 1. The minimum absolute atomic E-state index is 0.120. The van der Waals surface area contributed by atoms with Crippen molar-refractivity contribution in [2.45, 2.75) is 50.2 Å². The van der Waals surface area contributed by atoms with Gasteiger partial charge in [-0.3, -0.25) is 14.4 Å². The Hall–Kier alpha value is -2.33. The van der Waals surface area contributed by atoms with Crippen LogP contribution in [0.25, 0.3) is 0 Å². The van der Waals surface area contributed by atoms with E-state index in [0.29, 0.717) is 12.8 Å². The fourth-order valence-corrected chi connectivity index (χ4v) is 4.42. The summed E-state index contributed by atoms with van der Waals surface area (Å²) in [4.78, 5) is 39.6. The van der Waals surface area contributed by atoms with Gasteiger partial charge in [-0.25, -0.2) is 13.4 Å². The van der Waals surface area contributed by atoms with Crippen LogP contribution in [0.3, 0.4) is 0 Å². The van der Waals surface area contributed by atoms with E-state index in [1.54, 1.807) is 26.0 Å². The lowest BCUT2D eigenvalue weighted by Gasteiger charge is -2.24. The van der Waals surface area contributed by atoms with E-state index >= 15 is 0 Å². The van der Waals surface area contributed by atoms with E-state index in [9.17, 15) is 22.8 Å². The lowest BCUT2D eigenvalue weighted by atomic mass is 10.0. The zero-order valence-electron chi connectivity index (χ0n) is 15.9. The molecule has 2 heterocycles. The average molecular weight is 409 g/mol. The molecule has 0 saturated carbocycles. The van der Waals surface area contributed by atoms with E-state index in [1.165, 1.54) is 18.7 Å². The number of hydrogen-bond acceptors (Lipinski definition) is 6. The van der Waals surface area contributed by atoms with Crippen LogP contribution in [-0.2, 0) is 24.4 Å². The minimum atomic E-state index is -3.92. The summed E-state index contributed by atoms with van der Waals surface area (Å²) in [5, 5.41) is 2.48. The molecule has 0 bridgehead atoms. The summed E-state index contributed by atoms with van der Waals surface area (Å²) in [7, 11) is -3.92. The molecule has 10 heteroatoms. The summed E-state index contributed by atoms with van der Waals surface area (Å²) in [6.07, 6.45) is 3.54. The molecule has 0 aliphatic carbocycles. The number of Topliss-reactive ketones (excluding diaryl/α,β-unsaturated/α-hetero) is 1. The second-order valence-electron chi connectivity index (χ2n) is 6.92. The fraction of sp³-hybridized carbons (Fsp3) is 0.500. The summed E-state index contributed by atoms with van der Waals surface area (Å²) >= 11 is 0. The van der Waals surface area contributed by atoms with Gasteiger partial charge in [-0.1, -0.05) is 13.0 Å². The van der Waals surface area contributed by atoms with E-state index < -0.39 is 45.6 Å². The molecule has 1 aromatic rings. The quantitative estimate of drug-likeness (QED) is 0.651. The predicted octanol–water partition coefficient (Wildman–Crippen LogP) is 0.0243. The van der Waals surface area contributed by atoms with Crippen molar-refractivity contribution in [1.82, 2.24) is 14.6 Å². The van der Waals surface area contributed by atoms with Crippen molar-refractivity contribution in [3.05, 3.63) is 30.8 Å². The van der Waals surface area contributed by atoms with Crippen molar-refractivity contribution in [1.29, 1.82) is 0 Å². The Morgan fingerprint density at radius 2 is 2.11 bits per heavy atom. The lowest BCUT2D eigenvalue weighted by molar-refractivity contribution is -0.126. The second kappa shape index (κ2) is 9.24. The maximum atomic E-state index is 12.8. The predicted molar refractivity (Wildman–Crippen MR) is 101 cm³/mol. The van der Waals surface area contributed by atoms with Gasteiger partial charge in [0.2, 0.25) is 11.8 Å². The molecule has 3 N–H and O–H groups in total. The molecule has 28 heavy (non-hydrogen) atoms. The molecule has 1 aliphatic heterocycles. The Balaban J connectivity index is 2.05. The molecular formula is C18H25N4O5S. The summed E-state index contributed by atoms with van der Waals surface area (Å²) in [5.41, 5.74) is 5.16. The van der Waals surface area contributed by atoms with Crippen molar-refractivity contribution in [3.63, 3.8) is 0 Å². The van der Waals surface area contributed by atoms with Crippen molar-refractivity contribution in [3.8, 4) is 0 Å². The largest absolute Gasteiger partial charge is 0.369 e. The first kappa shape index (κ1) is 22.0. The van der Waals surface area contributed by atoms with Gasteiger partial charge in [0.1, 0.15) is 0 Å². The highest BCUT2D eigenvalue weighted by Crippen LogP contribution is 2.22. The lowest BCUT2D eigenvalue weighted by Crippen LogP contribution is -2.45. The van der Waals surface area contributed by atoms with Crippen molar-refractivity contribution >= 4 is 27.6 Å². The van der Waals surface area contributed by atoms with Crippen LogP contribution in [0.5, 0.6) is 0 Å². The normalized spacial score (nSPS) is 22.3. The summed E-state index contributed by atoms with van der Waals surface area (Å²) < 4.78 is 26.8. The maximum absolute atomic E-state index is 12.8. The van der Waals surface area contributed by atoms with Crippen molar-refractivity contribution in [2.75, 3.05) is 6.54 Å². The van der Waals surface area contributed by atoms with E-state index in [0.717, 1.165) is 4.31 Å². The molecule has 0 unspecified atom stereocenters. The first-order chi connectivity index (χ1) is 13.1. The van der Waals surface area contributed by atoms with Gasteiger partial charge >= 0.3 is 0 Å². The monoisotopic (exact) mass is 409 g/mol. The van der Waals surface area contributed by atoms with Crippen LogP contribution in [0, 0.1) is 12.3 Å². The topological polar surface area (TPSA) is 140 Å². The van der Waals surface area contributed by atoms with Gasteiger partial charge in [0.25, 0.3) is 10.0 Å². The number of carbonyl (C=O) groups is 3. The summed E-state index contributed by atoms with van der Waals surface area (Å²) in [5.74, 6) is -1.89. The molecule has 1 saturated heterocycles. The number of sulfonamides is 1. The Labute approximate surface area is 164 Å². The maximum Gasteiger partial charge on any atom is 0.261 e. The third kappa shape index (κ3) is 5.35. The van der Waals surface area contributed by atoms with Crippen LogP contribution in [0.1, 0.15) is 33.1 Å². The number of carbonyl (C=O) groups excluding carboxylic acids is 3. The number of amides is 2. The first-order valence-electron chi connectivity index (χ1n) is 9.01. The molecule has 1 radical (unpaired) electrons. The summed E-state index contributed by atoms with van der Waals surface area (Å²) in [6.45, 7) is 2.98. The molecular weight excluding hydrogens is 384 g/mol. The summed E-state index contributed by atoms with van der Waals surface area (Å²) in [6, 6.07) is 3.34. The van der Waals surface area contributed by atoms with Crippen molar-refractivity contribution in [2.24, 2.45) is 11.7 Å². The van der Waals surface area contributed by atoms with E-state index in [-0.39, 0.29) is 18.0 Å². The zero-order valence-corrected chi connectivity index (χ0v) is 16.7. The Kier molecular flexibility index (Phi) is 7.25. The molecule has 2 amide bonds. The number of nitrogens with two attached hydrogens (primary N) is 1. The zero-order chi connectivity index (χ0) is 20.9. The van der Waals surface area contributed by atoms with Crippen LogP contribution >= 0.6 is 0 Å². The van der Waals surface area contributed by atoms with Gasteiger partial charge in [-0.2, -0.15) is 4.31 Å². The minimum Gasteiger partial charge on any atom is -0.369 e. The van der Waals surface area contributed by atoms with Gasteiger partial charge in [-0.05, 0) is 38.3 Å². The third-order valence-corrected chi connectivity index (χ3v) is 6.61. The number of nitrogens with one attached hydrogen (secondary N) is 1. The third-order valence-electron chi connectivity index (χ3n) is 4.73. The standard InChI is InChI=1S/C18H25N4O5S/c1-12(18(19)25)6-9-16(24)21-14-8-7-13(2)22(11-15(14)23)28(26,27)17-5-3-4-10-20-17/h3-5,9-10,12-14H,6-8,11H2,1-2H3,(H2,19,25)(H,21,24)/t12-,13-,14+/m0/s1. The number of rotatable bonds is 7. The second-order valence-corrected chi connectivity index (χ2v) is 8.75. The Morgan fingerprint density at radius 1 is 1.39 bits per heavy atom. The van der Waals surface area contributed by atoms with E-state index in [2.05, 4.69) is 10.3 Å². The van der Waals surface area contributed by atoms with Crippen molar-refractivity contribution < 1.29 is 22.8 Å². The molecule has 1 fully saturated rings. The molecule has 153 valence electrons. The highest BCUT2D eigenvalue weighted by molar-refractivity contribution is 7.89. The fourth-order valence-electron chi connectivity index (χ4n) is 2.86. The number of primary amides is 1. The van der Waals surface area contributed by atoms with Gasteiger partial charge in [-0.15, -0.1) is 0 Å². The van der Waals surface area contributed by atoms with E-state index in [4.69, 9.17) is 5.73 Å².